The van der Waals surface area contributed by atoms with Crippen LogP contribution < -0.4 is 5.32 Å². The van der Waals surface area contributed by atoms with Crippen molar-refractivity contribution in [2.45, 2.75) is 39.0 Å². The van der Waals surface area contributed by atoms with E-state index < -0.39 is 0 Å². The van der Waals surface area contributed by atoms with Gasteiger partial charge in [0.2, 0.25) is 6.41 Å². The van der Waals surface area contributed by atoms with Crippen molar-refractivity contribution < 1.29 is 4.79 Å². The van der Waals surface area contributed by atoms with Gasteiger partial charge in [0.15, 0.2) is 0 Å². The molecule has 0 aliphatic heterocycles. The quantitative estimate of drug-likeness (QED) is 0.707. The molecule has 1 N–H and O–H groups in total. The molecule has 1 unspecified atom stereocenters. The summed E-state index contributed by atoms with van der Waals surface area (Å²) in [6.07, 6.45) is 4.33. The van der Waals surface area contributed by atoms with Crippen molar-refractivity contribution in [3.63, 3.8) is 0 Å². The molecule has 0 heterocycles. The third-order valence-electron chi connectivity index (χ3n) is 2.74. The maximum Gasteiger partial charge on any atom is 0.211 e. The fourth-order valence-electron chi connectivity index (χ4n) is 1.87. The number of hydrogen-bond donors (Lipinski definition) is 1. The molecule has 0 aliphatic rings. The molecule has 2 heteroatoms. The number of nitrogens with one attached hydrogen (secondary N) is 1. The van der Waals surface area contributed by atoms with E-state index in [4.69, 9.17) is 0 Å². The molecule has 82 valence electrons. The summed E-state index contributed by atoms with van der Waals surface area (Å²) in [5, 5.41) is 2.64. The SMILES string of the molecule is CCCC(CC)c1ccc(NC=O)cc1. The first-order valence-electron chi connectivity index (χ1n) is 5.62. The Morgan fingerprint density at radius 2 is 1.93 bits per heavy atom. The minimum atomic E-state index is 0.653. The number of carbonyl (C=O) groups excluding carboxylic acids is 1. The molecule has 0 bridgehead atoms. The lowest BCUT2D eigenvalue weighted by Gasteiger charge is -2.14. The molecule has 0 spiro atoms. The third-order valence-corrected chi connectivity index (χ3v) is 2.74. The minimum absolute atomic E-state index is 0.653. The third kappa shape index (κ3) is 3.39. The highest BCUT2D eigenvalue weighted by Gasteiger charge is 2.07. The zero-order valence-corrected chi connectivity index (χ0v) is 9.49. The summed E-state index contributed by atoms with van der Waals surface area (Å²) in [6.45, 7) is 4.43. The Bertz CT molecular complexity index is 292. The van der Waals surface area contributed by atoms with Gasteiger partial charge in [0, 0.05) is 5.69 Å². The van der Waals surface area contributed by atoms with E-state index >= 15 is 0 Å². The van der Waals surface area contributed by atoms with Crippen molar-refractivity contribution in [2.24, 2.45) is 0 Å². The van der Waals surface area contributed by atoms with Crippen LogP contribution in [-0.4, -0.2) is 6.41 Å². The smallest absolute Gasteiger partial charge is 0.211 e. The highest BCUT2D eigenvalue weighted by molar-refractivity contribution is 5.71. The van der Waals surface area contributed by atoms with Gasteiger partial charge in [-0.25, -0.2) is 0 Å². The highest BCUT2D eigenvalue weighted by atomic mass is 16.1. The van der Waals surface area contributed by atoms with Crippen LogP contribution in [0.5, 0.6) is 0 Å². The lowest BCUT2D eigenvalue weighted by molar-refractivity contribution is -0.105. The zero-order valence-electron chi connectivity index (χ0n) is 9.49. The molecular weight excluding hydrogens is 186 g/mol. The van der Waals surface area contributed by atoms with E-state index in [1.54, 1.807) is 0 Å². The molecule has 0 fully saturated rings. The predicted molar refractivity (Wildman–Crippen MR) is 64.1 cm³/mol. The fraction of sp³-hybridized carbons (Fsp3) is 0.462. The molecule has 2 nitrogen and oxygen atoms in total. The first-order valence-corrected chi connectivity index (χ1v) is 5.62. The van der Waals surface area contributed by atoms with Crippen molar-refractivity contribution in [1.29, 1.82) is 0 Å². The van der Waals surface area contributed by atoms with E-state index in [1.807, 2.05) is 12.1 Å². The summed E-state index contributed by atoms with van der Waals surface area (Å²) in [5.41, 5.74) is 2.23. The Kier molecular flexibility index (Phi) is 4.88. The van der Waals surface area contributed by atoms with Gasteiger partial charge >= 0.3 is 0 Å². The molecule has 1 aromatic rings. The average Bonchev–Trinajstić information content (AvgIpc) is 2.28. The minimum Gasteiger partial charge on any atom is -0.329 e. The Labute approximate surface area is 91.7 Å². The van der Waals surface area contributed by atoms with E-state index in [1.165, 1.54) is 24.8 Å². The summed E-state index contributed by atoms with van der Waals surface area (Å²) < 4.78 is 0. The van der Waals surface area contributed by atoms with Gasteiger partial charge in [0.05, 0.1) is 0 Å². The second kappa shape index (κ2) is 6.23. The van der Waals surface area contributed by atoms with E-state index in [-0.39, 0.29) is 0 Å². The largest absolute Gasteiger partial charge is 0.329 e. The van der Waals surface area contributed by atoms with E-state index in [9.17, 15) is 4.79 Å². The Morgan fingerprint density at radius 1 is 1.27 bits per heavy atom. The monoisotopic (exact) mass is 205 g/mol. The van der Waals surface area contributed by atoms with Crippen molar-refractivity contribution in [2.75, 3.05) is 5.32 Å². The molecule has 0 saturated carbocycles. The van der Waals surface area contributed by atoms with Crippen molar-refractivity contribution in [1.82, 2.24) is 0 Å². The van der Waals surface area contributed by atoms with E-state index in [2.05, 4.69) is 31.3 Å². The summed E-state index contributed by atoms with van der Waals surface area (Å²) in [5.74, 6) is 0.653. The molecule has 1 atom stereocenters. The number of hydrogen-bond acceptors (Lipinski definition) is 1. The van der Waals surface area contributed by atoms with Crippen molar-refractivity contribution >= 4 is 12.1 Å². The van der Waals surface area contributed by atoms with Crippen LogP contribution in [0.4, 0.5) is 5.69 Å². The first-order chi connectivity index (χ1) is 7.31. The first kappa shape index (κ1) is 11.8. The number of rotatable bonds is 6. The van der Waals surface area contributed by atoms with Crippen LogP contribution in [0, 0.1) is 0 Å². The fourth-order valence-corrected chi connectivity index (χ4v) is 1.87. The summed E-state index contributed by atoms with van der Waals surface area (Å²) in [7, 11) is 0. The number of anilines is 1. The Balaban J connectivity index is 2.72. The maximum atomic E-state index is 10.2. The van der Waals surface area contributed by atoms with Crippen LogP contribution in [0.25, 0.3) is 0 Å². The molecule has 1 aromatic carbocycles. The summed E-state index contributed by atoms with van der Waals surface area (Å²) >= 11 is 0. The maximum absolute atomic E-state index is 10.2. The van der Waals surface area contributed by atoms with Gasteiger partial charge in [0.1, 0.15) is 0 Å². The van der Waals surface area contributed by atoms with Gasteiger partial charge in [-0.3, -0.25) is 4.79 Å². The van der Waals surface area contributed by atoms with Gasteiger partial charge < -0.3 is 5.32 Å². The standard InChI is InChI=1S/C13H19NO/c1-3-5-11(4-2)12-6-8-13(9-7-12)14-10-15/h6-11H,3-5H2,1-2H3,(H,14,15). The van der Waals surface area contributed by atoms with Gasteiger partial charge in [-0.2, -0.15) is 0 Å². The summed E-state index contributed by atoms with van der Waals surface area (Å²) in [6, 6.07) is 8.13. The highest BCUT2D eigenvalue weighted by Crippen LogP contribution is 2.25. The molecule has 0 aromatic heterocycles. The molecule has 15 heavy (non-hydrogen) atoms. The van der Waals surface area contributed by atoms with Crippen LogP contribution in [0.15, 0.2) is 24.3 Å². The number of benzene rings is 1. The second-order valence-electron chi connectivity index (χ2n) is 3.78. The van der Waals surface area contributed by atoms with Crippen LogP contribution >= 0.6 is 0 Å². The normalized spacial score (nSPS) is 12.1. The van der Waals surface area contributed by atoms with Gasteiger partial charge in [0.25, 0.3) is 0 Å². The van der Waals surface area contributed by atoms with E-state index in [0.717, 1.165) is 5.69 Å². The number of amides is 1. The molecular formula is C13H19NO. The Hall–Kier alpha value is -1.31. The Morgan fingerprint density at radius 3 is 2.40 bits per heavy atom. The zero-order chi connectivity index (χ0) is 11.1. The van der Waals surface area contributed by atoms with E-state index in [0.29, 0.717) is 12.3 Å². The second-order valence-corrected chi connectivity index (χ2v) is 3.78. The van der Waals surface area contributed by atoms with Crippen LogP contribution in [0.3, 0.4) is 0 Å². The van der Waals surface area contributed by atoms with Gasteiger partial charge in [-0.1, -0.05) is 32.4 Å². The van der Waals surface area contributed by atoms with Gasteiger partial charge in [-0.05, 0) is 36.5 Å². The van der Waals surface area contributed by atoms with Crippen LogP contribution in [-0.2, 0) is 4.79 Å². The van der Waals surface area contributed by atoms with Crippen molar-refractivity contribution in [3.05, 3.63) is 29.8 Å². The molecule has 0 radical (unpaired) electrons. The molecule has 1 amide bonds. The van der Waals surface area contributed by atoms with Crippen LogP contribution in [0.1, 0.15) is 44.6 Å². The molecule has 0 aliphatic carbocycles. The lowest BCUT2D eigenvalue weighted by Crippen LogP contribution is -1.98. The lowest BCUT2D eigenvalue weighted by atomic mass is 9.92. The number of carbonyl (C=O) groups is 1. The molecule has 0 saturated heterocycles. The molecule has 1 rings (SSSR count). The topological polar surface area (TPSA) is 29.1 Å². The van der Waals surface area contributed by atoms with Crippen LogP contribution in [0.2, 0.25) is 0 Å². The van der Waals surface area contributed by atoms with Gasteiger partial charge in [-0.15, -0.1) is 0 Å². The van der Waals surface area contributed by atoms with Crippen molar-refractivity contribution in [3.8, 4) is 0 Å². The average molecular weight is 205 g/mol. The summed E-state index contributed by atoms with van der Waals surface area (Å²) in [4.78, 5) is 10.2. The predicted octanol–water partition coefficient (Wildman–Crippen LogP) is 3.55.